The molecule has 0 saturated carbocycles. The summed E-state index contributed by atoms with van der Waals surface area (Å²) in [6, 6.07) is 6.25. The maximum atomic E-state index is 5.38. The van der Waals surface area contributed by atoms with Crippen molar-refractivity contribution in [1.82, 2.24) is 4.98 Å². The van der Waals surface area contributed by atoms with E-state index < -0.39 is 0 Å². The minimum absolute atomic E-state index is 0.715. The number of aryl methyl sites for hydroxylation is 3. The summed E-state index contributed by atoms with van der Waals surface area (Å²) in [5.74, 6) is 6.09. The van der Waals surface area contributed by atoms with Gasteiger partial charge < -0.3 is 5.43 Å². The fraction of sp³-hybridized carbons (Fsp3) is 0.250. The Labute approximate surface area is 89.3 Å². The van der Waals surface area contributed by atoms with Gasteiger partial charge in [-0.3, -0.25) is 0 Å². The van der Waals surface area contributed by atoms with E-state index in [-0.39, 0.29) is 0 Å². The van der Waals surface area contributed by atoms with Crippen LogP contribution in [0, 0.1) is 20.8 Å². The summed E-state index contributed by atoms with van der Waals surface area (Å²) in [6.07, 6.45) is 0. The SMILES string of the molecule is Cc1cc(C)c2nc(NN)cc(C)c2c1. The molecule has 3 N–H and O–H groups in total. The number of fused-ring (bicyclic) bond motifs is 1. The van der Waals surface area contributed by atoms with E-state index in [0.29, 0.717) is 5.82 Å². The molecule has 78 valence electrons. The predicted molar refractivity (Wildman–Crippen MR) is 63.8 cm³/mol. The van der Waals surface area contributed by atoms with Crippen molar-refractivity contribution in [1.29, 1.82) is 0 Å². The van der Waals surface area contributed by atoms with E-state index >= 15 is 0 Å². The number of hydrazine groups is 1. The minimum Gasteiger partial charge on any atom is -0.308 e. The van der Waals surface area contributed by atoms with E-state index in [2.05, 4.69) is 43.3 Å². The van der Waals surface area contributed by atoms with Gasteiger partial charge in [0.05, 0.1) is 5.52 Å². The highest BCUT2D eigenvalue weighted by atomic mass is 15.2. The fourth-order valence-electron chi connectivity index (χ4n) is 1.92. The van der Waals surface area contributed by atoms with E-state index in [0.717, 1.165) is 5.52 Å². The van der Waals surface area contributed by atoms with Crippen molar-refractivity contribution in [2.24, 2.45) is 5.84 Å². The minimum atomic E-state index is 0.715. The van der Waals surface area contributed by atoms with Gasteiger partial charge in [0.15, 0.2) is 0 Å². The number of nitrogens with one attached hydrogen (secondary N) is 1. The first-order valence-electron chi connectivity index (χ1n) is 4.97. The molecule has 0 radical (unpaired) electrons. The van der Waals surface area contributed by atoms with Crippen LogP contribution in [0.3, 0.4) is 0 Å². The normalized spacial score (nSPS) is 10.7. The second kappa shape index (κ2) is 3.51. The van der Waals surface area contributed by atoms with Gasteiger partial charge >= 0.3 is 0 Å². The Kier molecular flexibility index (Phi) is 2.32. The maximum Gasteiger partial charge on any atom is 0.140 e. The zero-order valence-electron chi connectivity index (χ0n) is 9.26. The Morgan fingerprint density at radius 2 is 1.80 bits per heavy atom. The number of nitrogens with two attached hydrogens (primary N) is 1. The quantitative estimate of drug-likeness (QED) is 0.550. The van der Waals surface area contributed by atoms with Gasteiger partial charge in [-0.1, -0.05) is 11.6 Å². The molecule has 0 bridgehead atoms. The molecule has 0 saturated heterocycles. The number of pyridine rings is 1. The lowest BCUT2D eigenvalue weighted by Crippen LogP contribution is -2.09. The molecule has 1 aromatic carbocycles. The largest absolute Gasteiger partial charge is 0.308 e. The van der Waals surface area contributed by atoms with Crippen molar-refractivity contribution >= 4 is 16.7 Å². The van der Waals surface area contributed by atoms with Crippen LogP contribution < -0.4 is 11.3 Å². The Morgan fingerprint density at radius 1 is 1.07 bits per heavy atom. The van der Waals surface area contributed by atoms with Gasteiger partial charge in [-0.2, -0.15) is 0 Å². The van der Waals surface area contributed by atoms with Gasteiger partial charge in [-0.25, -0.2) is 10.8 Å². The number of anilines is 1. The van der Waals surface area contributed by atoms with Crippen molar-refractivity contribution in [3.05, 3.63) is 34.9 Å². The van der Waals surface area contributed by atoms with Gasteiger partial charge in [0.25, 0.3) is 0 Å². The summed E-state index contributed by atoms with van der Waals surface area (Å²) < 4.78 is 0. The van der Waals surface area contributed by atoms with Crippen LogP contribution in [0.15, 0.2) is 18.2 Å². The van der Waals surface area contributed by atoms with Crippen LogP contribution in [-0.4, -0.2) is 4.98 Å². The molecule has 0 atom stereocenters. The molecule has 3 heteroatoms. The first kappa shape index (κ1) is 9.93. The Bertz CT molecular complexity index is 518. The third-order valence-electron chi connectivity index (χ3n) is 2.60. The van der Waals surface area contributed by atoms with Gasteiger partial charge in [0.1, 0.15) is 5.82 Å². The number of rotatable bonds is 1. The summed E-state index contributed by atoms with van der Waals surface area (Å²) in [7, 11) is 0. The molecular formula is C12H15N3. The highest BCUT2D eigenvalue weighted by Crippen LogP contribution is 2.24. The monoisotopic (exact) mass is 201 g/mol. The number of nitrogens with zero attached hydrogens (tertiary/aromatic N) is 1. The van der Waals surface area contributed by atoms with E-state index in [1.54, 1.807) is 0 Å². The van der Waals surface area contributed by atoms with Crippen LogP contribution in [0.25, 0.3) is 10.9 Å². The number of benzene rings is 1. The molecule has 0 fully saturated rings. The van der Waals surface area contributed by atoms with E-state index in [9.17, 15) is 0 Å². The fourth-order valence-corrected chi connectivity index (χ4v) is 1.92. The second-order valence-corrected chi connectivity index (χ2v) is 3.95. The maximum absolute atomic E-state index is 5.38. The third kappa shape index (κ3) is 1.66. The first-order valence-corrected chi connectivity index (χ1v) is 4.97. The first-order chi connectivity index (χ1) is 7.11. The lowest BCUT2D eigenvalue weighted by Gasteiger charge is -2.09. The average molecular weight is 201 g/mol. The highest BCUT2D eigenvalue weighted by Gasteiger charge is 2.05. The molecular weight excluding hydrogens is 186 g/mol. The molecule has 0 aliphatic heterocycles. The molecule has 0 spiro atoms. The summed E-state index contributed by atoms with van der Waals surface area (Å²) in [6.45, 7) is 6.24. The van der Waals surface area contributed by atoms with Crippen LogP contribution in [-0.2, 0) is 0 Å². The van der Waals surface area contributed by atoms with Gasteiger partial charge in [-0.15, -0.1) is 0 Å². The van der Waals surface area contributed by atoms with Crippen LogP contribution in [0.5, 0.6) is 0 Å². The van der Waals surface area contributed by atoms with Crippen molar-refractivity contribution < 1.29 is 0 Å². The number of hydrogen-bond acceptors (Lipinski definition) is 3. The molecule has 1 heterocycles. The number of hydrogen-bond donors (Lipinski definition) is 2. The lowest BCUT2D eigenvalue weighted by atomic mass is 10.0. The van der Waals surface area contributed by atoms with Crippen molar-refractivity contribution in [3.8, 4) is 0 Å². The van der Waals surface area contributed by atoms with Crippen LogP contribution >= 0.6 is 0 Å². The van der Waals surface area contributed by atoms with Crippen molar-refractivity contribution in [3.63, 3.8) is 0 Å². The molecule has 15 heavy (non-hydrogen) atoms. The lowest BCUT2D eigenvalue weighted by molar-refractivity contribution is 1.24. The van der Waals surface area contributed by atoms with Crippen LogP contribution in [0.1, 0.15) is 16.7 Å². The summed E-state index contributed by atoms with van der Waals surface area (Å²) in [5.41, 5.74) is 7.25. The molecule has 0 aliphatic carbocycles. The van der Waals surface area contributed by atoms with E-state index in [4.69, 9.17) is 5.84 Å². The zero-order chi connectivity index (χ0) is 11.0. The van der Waals surface area contributed by atoms with Gasteiger partial charge in [0.2, 0.25) is 0 Å². The predicted octanol–water partition coefficient (Wildman–Crippen LogP) is 2.45. The molecule has 0 aliphatic rings. The highest BCUT2D eigenvalue weighted by molar-refractivity contribution is 5.87. The summed E-state index contributed by atoms with van der Waals surface area (Å²) in [5, 5.41) is 1.20. The van der Waals surface area contributed by atoms with Crippen molar-refractivity contribution in [2.45, 2.75) is 20.8 Å². The molecule has 1 aromatic heterocycles. The third-order valence-corrected chi connectivity index (χ3v) is 2.60. The number of aromatic nitrogens is 1. The average Bonchev–Trinajstić information content (AvgIpc) is 2.19. The molecule has 0 amide bonds. The molecule has 2 aromatic rings. The molecule has 3 nitrogen and oxygen atoms in total. The molecule has 0 unspecified atom stereocenters. The standard InChI is InChI=1S/C12H15N3/c1-7-4-9(3)12-10(5-7)8(2)6-11(14-12)15-13/h4-6H,13H2,1-3H3,(H,14,15). The van der Waals surface area contributed by atoms with E-state index in [1.165, 1.54) is 22.1 Å². The van der Waals surface area contributed by atoms with Crippen LogP contribution in [0.2, 0.25) is 0 Å². The molecule has 2 rings (SSSR count). The van der Waals surface area contributed by atoms with Crippen molar-refractivity contribution in [2.75, 3.05) is 5.43 Å². The number of nitrogen functional groups attached to an aromatic ring is 1. The Balaban J connectivity index is 2.85. The Morgan fingerprint density at radius 3 is 2.47 bits per heavy atom. The Hall–Kier alpha value is -1.61. The summed E-state index contributed by atoms with van der Waals surface area (Å²) in [4.78, 5) is 4.46. The van der Waals surface area contributed by atoms with Crippen LogP contribution in [0.4, 0.5) is 5.82 Å². The summed E-state index contributed by atoms with van der Waals surface area (Å²) >= 11 is 0. The van der Waals surface area contributed by atoms with E-state index in [1.807, 2.05) is 6.07 Å². The van der Waals surface area contributed by atoms with Gasteiger partial charge in [-0.05, 0) is 44.0 Å². The van der Waals surface area contributed by atoms with Gasteiger partial charge in [0, 0.05) is 5.39 Å². The smallest absolute Gasteiger partial charge is 0.140 e. The topological polar surface area (TPSA) is 50.9 Å². The second-order valence-electron chi connectivity index (χ2n) is 3.95. The zero-order valence-corrected chi connectivity index (χ0v) is 9.26.